The lowest BCUT2D eigenvalue weighted by Gasteiger charge is -2.34. The van der Waals surface area contributed by atoms with Gasteiger partial charge in [-0.1, -0.05) is 44.2 Å². The maximum Gasteiger partial charge on any atom is 0.191 e. The number of rotatable bonds is 9. The topological polar surface area (TPSA) is 52.1 Å². The molecule has 1 aliphatic rings. The van der Waals surface area contributed by atoms with Crippen LogP contribution in [0.4, 0.5) is 0 Å². The van der Waals surface area contributed by atoms with Crippen molar-refractivity contribution in [2.75, 3.05) is 60.0 Å². The summed E-state index contributed by atoms with van der Waals surface area (Å²) < 4.78 is 5.96. The van der Waals surface area contributed by atoms with E-state index in [0.29, 0.717) is 12.5 Å². The normalized spacial score (nSPS) is 19.8. The molecule has 2 N–H and O–H groups in total. The molecule has 0 saturated carbocycles. The molecule has 1 aromatic carbocycles. The Morgan fingerprint density at radius 3 is 2.64 bits per heavy atom. The highest BCUT2D eigenvalue weighted by atomic mass is 16.5. The second-order valence-electron chi connectivity index (χ2n) is 8.14. The van der Waals surface area contributed by atoms with E-state index >= 15 is 0 Å². The number of hydrogen-bond acceptors (Lipinski definition) is 4. The molecule has 1 saturated heterocycles. The van der Waals surface area contributed by atoms with Gasteiger partial charge in [-0.05, 0) is 32.5 Å². The Bertz CT molecular complexity index is 576. The van der Waals surface area contributed by atoms with Crippen LogP contribution >= 0.6 is 0 Å². The van der Waals surface area contributed by atoms with Gasteiger partial charge >= 0.3 is 0 Å². The third-order valence-electron chi connectivity index (χ3n) is 4.92. The molecule has 1 fully saturated rings. The average Bonchev–Trinajstić information content (AvgIpc) is 2.66. The van der Waals surface area contributed by atoms with E-state index in [9.17, 15) is 0 Å². The second-order valence-corrected chi connectivity index (χ2v) is 8.14. The minimum absolute atomic E-state index is 0.204. The van der Waals surface area contributed by atoms with Gasteiger partial charge in [0.15, 0.2) is 5.96 Å². The van der Waals surface area contributed by atoms with Crippen molar-refractivity contribution in [3.8, 4) is 0 Å². The fraction of sp³-hybridized carbons (Fsp3) is 0.682. The molecule has 2 rings (SSSR count). The first-order valence-corrected chi connectivity index (χ1v) is 10.6. The molecule has 0 aromatic heterocycles. The number of hydrogen-bond donors (Lipinski definition) is 2. The molecule has 158 valence electrons. The van der Waals surface area contributed by atoms with Crippen molar-refractivity contribution < 1.29 is 4.74 Å². The van der Waals surface area contributed by atoms with Gasteiger partial charge in [-0.2, -0.15) is 0 Å². The predicted octanol–water partition coefficient (Wildman–Crippen LogP) is 2.20. The fourth-order valence-corrected chi connectivity index (χ4v) is 3.56. The Hall–Kier alpha value is -1.63. The highest BCUT2D eigenvalue weighted by Crippen LogP contribution is 2.18. The third kappa shape index (κ3) is 7.78. The zero-order valence-corrected chi connectivity index (χ0v) is 18.3. The van der Waals surface area contributed by atoms with Crippen molar-refractivity contribution >= 4 is 5.96 Å². The van der Waals surface area contributed by atoms with Gasteiger partial charge in [-0.3, -0.25) is 9.89 Å². The number of guanidine groups is 1. The summed E-state index contributed by atoms with van der Waals surface area (Å²) in [4.78, 5) is 9.57. The first kappa shape index (κ1) is 22.7. The molecule has 1 aromatic rings. The van der Waals surface area contributed by atoms with Crippen molar-refractivity contribution in [2.24, 2.45) is 10.9 Å². The highest BCUT2D eigenvalue weighted by Gasteiger charge is 2.21. The van der Waals surface area contributed by atoms with E-state index in [2.05, 4.69) is 85.6 Å². The molecule has 0 aliphatic carbocycles. The van der Waals surface area contributed by atoms with Crippen LogP contribution in [0.2, 0.25) is 0 Å². The van der Waals surface area contributed by atoms with E-state index < -0.39 is 0 Å². The number of nitrogens with zero attached hydrogens (tertiary/aromatic N) is 3. The number of nitrogens with one attached hydrogen (secondary N) is 2. The van der Waals surface area contributed by atoms with Gasteiger partial charge in [0.25, 0.3) is 0 Å². The minimum atomic E-state index is 0.204. The summed E-state index contributed by atoms with van der Waals surface area (Å²) >= 11 is 0. The summed E-state index contributed by atoms with van der Waals surface area (Å²) in [6, 6.07) is 10.8. The van der Waals surface area contributed by atoms with Crippen molar-refractivity contribution in [3.63, 3.8) is 0 Å². The Kier molecular flexibility index (Phi) is 9.75. The van der Waals surface area contributed by atoms with Crippen LogP contribution in [0.1, 0.15) is 32.4 Å². The van der Waals surface area contributed by atoms with Gasteiger partial charge in [0.2, 0.25) is 0 Å². The van der Waals surface area contributed by atoms with E-state index in [-0.39, 0.29) is 12.1 Å². The molecule has 28 heavy (non-hydrogen) atoms. The SMILES string of the molecule is CCNC(=NCC(c1ccccc1)N(C)C)NCC1CN(CC(C)C)CCO1. The van der Waals surface area contributed by atoms with Crippen molar-refractivity contribution in [1.29, 1.82) is 0 Å². The van der Waals surface area contributed by atoms with Crippen molar-refractivity contribution in [2.45, 2.75) is 32.9 Å². The minimum Gasteiger partial charge on any atom is -0.374 e. The maximum atomic E-state index is 5.96. The van der Waals surface area contributed by atoms with Crippen molar-refractivity contribution in [1.82, 2.24) is 20.4 Å². The quantitative estimate of drug-likeness (QED) is 0.501. The zero-order valence-electron chi connectivity index (χ0n) is 18.3. The van der Waals surface area contributed by atoms with Crippen LogP contribution in [0.3, 0.4) is 0 Å². The van der Waals surface area contributed by atoms with Crippen molar-refractivity contribution in [3.05, 3.63) is 35.9 Å². The predicted molar refractivity (Wildman–Crippen MR) is 118 cm³/mol. The van der Waals surface area contributed by atoms with Crippen LogP contribution in [-0.2, 0) is 4.74 Å². The average molecular weight is 390 g/mol. The van der Waals surface area contributed by atoms with Crippen LogP contribution in [0.15, 0.2) is 35.3 Å². The number of aliphatic imine (C=N–C) groups is 1. The lowest BCUT2D eigenvalue weighted by Crippen LogP contribution is -2.50. The van der Waals surface area contributed by atoms with Crippen LogP contribution in [-0.4, -0.2) is 81.8 Å². The Labute approximate surface area is 171 Å². The lowest BCUT2D eigenvalue weighted by molar-refractivity contribution is -0.0284. The molecule has 0 radical (unpaired) electrons. The van der Waals surface area contributed by atoms with Gasteiger partial charge in [-0.15, -0.1) is 0 Å². The smallest absolute Gasteiger partial charge is 0.191 e. The molecule has 2 atom stereocenters. The molecule has 6 heteroatoms. The van der Waals surface area contributed by atoms with Crippen LogP contribution in [0.5, 0.6) is 0 Å². The number of benzene rings is 1. The maximum absolute atomic E-state index is 5.96. The molecule has 0 amide bonds. The van der Waals surface area contributed by atoms with E-state index in [0.717, 1.165) is 45.3 Å². The molecule has 2 unspecified atom stereocenters. The molecule has 1 heterocycles. The standard InChI is InChI=1S/C22H39N5O/c1-6-23-22(24-14-20-17-27(12-13-28-20)16-18(2)3)25-15-21(26(4)5)19-10-8-7-9-11-19/h7-11,18,20-21H,6,12-17H2,1-5H3,(H2,23,24,25). The molecular formula is C22H39N5O. The summed E-state index contributed by atoms with van der Waals surface area (Å²) in [5, 5.41) is 6.84. The number of ether oxygens (including phenoxy) is 1. The Morgan fingerprint density at radius 2 is 2.00 bits per heavy atom. The Balaban J connectivity index is 1.92. The number of likely N-dealkylation sites (N-methyl/N-ethyl adjacent to an activating group) is 1. The molecule has 6 nitrogen and oxygen atoms in total. The van der Waals surface area contributed by atoms with Crippen LogP contribution < -0.4 is 10.6 Å². The lowest BCUT2D eigenvalue weighted by atomic mass is 10.1. The van der Waals surface area contributed by atoms with Gasteiger partial charge in [0.05, 0.1) is 25.3 Å². The van der Waals surface area contributed by atoms with Gasteiger partial charge in [0.1, 0.15) is 0 Å². The monoisotopic (exact) mass is 389 g/mol. The zero-order chi connectivity index (χ0) is 20.4. The summed E-state index contributed by atoms with van der Waals surface area (Å²) in [5.74, 6) is 1.54. The summed E-state index contributed by atoms with van der Waals surface area (Å²) in [5.41, 5.74) is 1.28. The van der Waals surface area contributed by atoms with E-state index in [1.54, 1.807) is 0 Å². The molecular weight excluding hydrogens is 350 g/mol. The highest BCUT2D eigenvalue weighted by molar-refractivity contribution is 5.79. The number of morpholine rings is 1. The van der Waals surface area contributed by atoms with E-state index in [1.807, 2.05) is 0 Å². The van der Waals surface area contributed by atoms with Gasteiger partial charge in [0, 0.05) is 32.7 Å². The first-order chi connectivity index (χ1) is 13.5. The second kappa shape index (κ2) is 12.0. The summed E-state index contributed by atoms with van der Waals surface area (Å²) in [7, 11) is 4.21. The fourth-order valence-electron chi connectivity index (χ4n) is 3.56. The molecule has 1 aliphatic heterocycles. The van der Waals surface area contributed by atoms with E-state index in [4.69, 9.17) is 9.73 Å². The summed E-state index contributed by atoms with van der Waals surface area (Å²) in [6.07, 6.45) is 0.204. The van der Waals surface area contributed by atoms with E-state index in [1.165, 1.54) is 5.56 Å². The third-order valence-corrected chi connectivity index (χ3v) is 4.92. The van der Waals surface area contributed by atoms with Gasteiger partial charge < -0.3 is 20.3 Å². The first-order valence-electron chi connectivity index (χ1n) is 10.6. The van der Waals surface area contributed by atoms with Crippen LogP contribution in [0.25, 0.3) is 0 Å². The molecule has 0 bridgehead atoms. The Morgan fingerprint density at radius 1 is 1.25 bits per heavy atom. The molecule has 0 spiro atoms. The largest absolute Gasteiger partial charge is 0.374 e. The summed E-state index contributed by atoms with van der Waals surface area (Å²) in [6.45, 7) is 12.9. The van der Waals surface area contributed by atoms with Gasteiger partial charge in [-0.25, -0.2) is 0 Å². The van der Waals surface area contributed by atoms with Crippen LogP contribution in [0, 0.1) is 5.92 Å².